The Bertz CT molecular complexity index is 379. The predicted molar refractivity (Wildman–Crippen MR) is 48.2 cm³/mol. The van der Waals surface area contributed by atoms with Crippen LogP contribution in [0.4, 0.5) is 14.5 Å². The third-order valence-corrected chi connectivity index (χ3v) is 1.76. The molecule has 0 fully saturated rings. The van der Waals surface area contributed by atoms with Gasteiger partial charge in [-0.2, -0.15) is 0 Å². The Hall–Kier alpha value is -1.65. The molecule has 1 heterocycles. The molecule has 1 N–H and O–H groups in total. The van der Waals surface area contributed by atoms with E-state index in [0.29, 0.717) is 13.2 Å². The Kier molecular flexibility index (Phi) is 2.30. The van der Waals surface area contributed by atoms with Gasteiger partial charge < -0.3 is 10.1 Å². The summed E-state index contributed by atoms with van der Waals surface area (Å²) in [7, 11) is 0. The summed E-state index contributed by atoms with van der Waals surface area (Å²) in [6.45, 7) is 1.01. The fourth-order valence-corrected chi connectivity index (χ4v) is 1.12. The van der Waals surface area contributed by atoms with Gasteiger partial charge in [-0.1, -0.05) is 0 Å². The number of benzene rings is 1. The number of halogens is 2. The van der Waals surface area contributed by atoms with E-state index in [1.807, 2.05) is 0 Å². The Labute approximate surface area is 79.4 Å². The molecule has 5 heteroatoms. The number of amidine groups is 1. The van der Waals surface area contributed by atoms with Gasteiger partial charge in [-0.25, -0.2) is 13.8 Å². The normalized spacial score (nSPS) is 14.9. The van der Waals surface area contributed by atoms with E-state index in [2.05, 4.69) is 10.3 Å². The molecule has 0 amide bonds. The van der Waals surface area contributed by atoms with Crippen LogP contribution in [0.1, 0.15) is 0 Å². The lowest BCUT2D eigenvalue weighted by Gasteiger charge is -2.06. The number of hydrogen-bond donors (Lipinski definition) is 1. The Morgan fingerprint density at radius 1 is 1.36 bits per heavy atom. The molecular formula is C9H8F2N2O. The first-order valence-electron chi connectivity index (χ1n) is 4.15. The number of ether oxygens (including phenoxy) is 1. The summed E-state index contributed by atoms with van der Waals surface area (Å²) in [5.41, 5.74) is 0.0330. The van der Waals surface area contributed by atoms with E-state index in [1.165, 1.54) is 0 Å². The van der Waals surface area contributed by atoms with Crippen molar-refractivity contribution in [1.82, 2.24) is 0 Å². The fourth-order valence-electron chi connectivity index (χ4n) is 1.12. The first kappa shape index (κ1) is 8.93. The van der Waals surface area contributed by atoms with Crippen LogP contribution in [0, 0.1) is 11.6 Å². The standard InChI is InChI=1S/C9H8F2N2O/c10-6-1-2-7(11)8(5-6)13-9-12-3-4-14-9/h1-2,5H,3-4H2,(H,12,13). The van der Waals surface area contributed by atoms with E-state index in [1.54, 1.807) is 0 Å². The van der Waals surface area contributed by atoms with Crippen LogP contribution in [0.2, 0.25) is 0 Å². The molecule has 0 aromatic heterocycles. The van der Waals surface area contributed by atoms with Crippen LogP contribution in [0.3, 0.4) is 0 Å². The highest BCUT2D eigenvalue weighted by atomic mass is 19.1. The van der Waals surface area contributed by atoms with Gasteiger partial charge in [0.15, 0.2) is 0 Å². The predicted octanol–water partition coefficient (Wildman–Crippen LogP) is 1.76. The van der Waals surface area contributed by atoms with Crippen LogP contribution in [0.15, 0.2) is 23.2 Å². The lowest BCUT2D eigenvalue weighted by atomic mass is 10.3. The van der Waals surface area contributed by atoms with E-state index in [-0.39, 0.29) is 11.7 Å². The molecule has 2 rings (SSSR count). The highest BCUT2D eigenvalue weighted by Gasteiger charge is 2.10. The molecule has 0 bridgehead atoms. The molecule has 1 aromatic rings. The molecule has 0 atom stereocenters. The summed E-state index contributed by atoms with van der Waals surface area (Å²) in [4.78, 5) is 3.90. The van der Waals surface area contributed by atoms with E-state index >= 15 is 0 Å². The molecule has 1 aliphatic rings. The second kappa shape index (κ2) is 3.61. The maximum Gasteiger partial charge on any atom is 0.289 e. The quantitative estimate of drug-likeness (QED) is 0.746. The molecule has 0 unspecified atom stereocenters. The third-order valence-electron chi connectivity index (χ3n) is 1.76. The summed E-state index contributed by atoms with van der Waals surface area (Å²) in [5, 5.41) is 2.56. The van der Waals surface area contributed by atoms with Crippen molar-refractivity contribution in [3.05, 3.63) is 29.8 Å². The summed E-state index contributed by atoms with van der Waals surface area (Å²) >= 11 is 0. The van der Waals surface area contributed by atoms with E-state index in [9.17, 15) is 8.78 Å². The second-order valence-electron chi connectivity index (χ2n) is 2.78. The number of nitrogens with zero attached hydrogens (tertiary/aromatic N) is 1. The van der Waals surface area contributed by atoms with Gasteiger partial charge in [-0.15, -0.1) is 0 Å². The molecule has 14 heavy (non-hydrogen) atoms. The zero-order valence-corrected chi connectivity index (χ0v) is 7.26. The third kappa shape index (κ3) is 1.81. The fraction of sp³-hybridized carbons (Fsp3) is 0.222. The van der Waals surface area contributed by atoms with Crippen molar-refractivity contribution in [1.29, 1.82) is 0 Å². The maximum absolute atomic E-state index is 13.1. The van der Waals surface area contributed by atoms with Crippen molar-refractivity contribution in [2.45, 2.75) is 0 Å². The number of aliphatic imine (C=N–C) groups is 1. The van der Waals surface area contributed by atoms with Gasteiger partial charge in [0, 0.05) is 6.07 Å². The van der Waals surface area contributed by atoms with Crippen molar-refractivity contribution in [3.8, 4) is 0 Å². The molecule has 0 spiro atoms. The number of nitrogens with one attached hydrogen (secondary N) is 1. The summed E-state index contributed by atoms with van der Waals surface area (Å²) in [5.74, 6) is -1.04. The van der Waals surface area contributed by atoms with Crippen LogP contribution in [-0.2, 0) is 4.74 Å². The minimum absolute atomic E-state index is 0.0330. The zero-order valence-electron chi connectivity index (χ0n) is 7.26. The Balaban J connectivity index is 2.19. The van der Waals surface area contributed by atoms with Gasteiger partial charge >= 0.3 is 0 Å². The Morgan fingerprint density at radius 3 is 2.93 bits per heavy atom. The van der Waals surface area contributed by atoms with Crippen LogP contribution in [0.25, 0.3) is 0 Å². The molecule has 0 saturated carbocycles. The van der Waals surface area contributed by atoms with Gasteiger partial charge in [-0.05, 0) is 12.1 Å². The molecule has 0 saturated heterocycles. The Morgan fingerprint density at radius 2 is 2.21 bits per heavy atom. The summed E-state index contributed by atoms with van der Waals surface area (Å²) < 4.78 is 30.8. The molecule has 1 aromatic carbocycles. The van der Waals surface area contributed by atoms with E-state index in [4.69, 9.17) is 4.74 Å². The number of anilines is 1. The van der Waals surface area contributed by atoms with Crippen LogP contribution in [-0.4, -0.2) is 19.2 Å². The van der Waals surface area contributed by atoms with Crippen LogP contribution in [0.5, 0.6) is 0 Å². The van der Waals surface area contributed by atoms with Crippen molar-refractivity contribution in [2.75, 3.05) is 18.5 Å². The van der Waals surface area contributed by atoms with Crippen LogP contribution >= 0.6 is 0 Å². The topological polar surface area (TPSA) is 33.6 Å². The van der Waals surface area contributed by atoms with Crippen molar-refractivity contribution in [2.24, 2.45) is 4.99 Å². The maximum atomic E-state index is 13.1. The van der Waals surface area contributed by atoms with Crippen molar-refractivity contribution >= 4 is 11.7 Å². The lowest BCUT2D eigenvalue weighted by Crippen LogP contribution is -2.13. The SMILES string of the molecule is Fc1ccc(F)c(NC2=NCCO2)c1. The van der Waals surface area contributed by atoms with Gasteiger partial charge in [0.2, 0.25) is 0 Å². The van der Waals surface area contributed by atoms with Crippen LogP contribution < -0.4 is 5.32 Å². The number of rotatable bonds is 1. The monoisotopic (exact) mass is 198 g/mol. The van der Waals surface area contributed by atoms with Gasteiger partial charge in [0.1, 0.15) is 18.2 Å². The van der Waals surface area contributed by atoms with Crippen molar-refractivity contribution < 1.29 is 13.5 Å². The molecule has 0 aliphatic carbocycles. The van der Waals surface area contributed by atoms with E-state index < -0.39 is 11.6 Å². The largest absolute Gasteiger partial charge is 0.463 e. The smallest absolute Gasteiger partial charge is 0.289 e. The zero-order chi connectivity index (χ0) is 9.97. The average molecular weight is 198 g/mol. The molecule has 0 radical (unpaired) electrons. The van der Waals surface area contributed by atoms with Gasteiger partial charge in [-0.3, -0.25) is 0 Å². The summed E-state index contributed by atoms with van der Waals surface area (Å²) in [6.07, 6.45) is 0. The van der Waals surface area contributed by atoms with Crippen molar-refractivity contribution in [3.63, 3.8) is 0 Å². The first-order chi connectivity index (χ1) is 6.75. The molecule has 1 aliphatic heterocycles. The van der Waals surface area contributed by atoms with Gasteiger partial charge in [0.25, 0.3) is 6.02 Å². The van der Waals surface area contributed by atoms with Gasteiger partial charge in [0.05, 0.1) is 12.2 Å². The molecule has 74 valence electrons. The number of hydrogen-bond acceptors (Lipinski definition) is 3. The lowest BCUT2D eigenvalue weighted by molar-refractivity contribution is 0.346. The second-order valence-corrected chi connectivity index (χ2v) is 2.78. The molecular weight excluding hydrogens is 190 g/mol. The minimum Gasteiger partial charge on any atom is -0.463 e. The molecule has 3 nitrogen and oxygen atoms in total. The van der Waals surface area contributed by atoms with E-state index in [0.717, 1.165) is 18.2 Å². The first-order valence-corrected chi connectivity index (χ1v) is 4.15. The minimum atomic E-state index is -0.537. The highest BCUT2D eigenvalue weighted by Crippen LogP contribution is 2.15. The highest BCUT2D eigenvalue weighted by molar-refractivity contribution is 5.89. The average Bonchev–Trinajstić information content (AvgIpc) is 2.64. The summed E-state index contributed by atoms with van der Waals surface area (Å²) in [6, 6.07) is 3.39.